The first-order valence-corrected chi connectivity index (χ1v) is 10.8. The van der Waals surface area contributed by atoms with Crippen LogP contribution in [0.5, 0.6) is 0 Å². The summed E-state index contributed by atoms with van der Waals surface area (Å²) >= 11 is 0. The number of carbonyl (C=O) groups is 1. The number of rotatable bonds is 6. The maximum atomic E-state index is 12.8. The van der Waals surface area contributed by atoms with Crippen LogP contribution in [0, 0.1) is 6.92 Å². The minimum atomic E-state index is -0.0470. The van der Waals surface area contributed by atoms with Crippen LogP contribution in [0.25, 0.3) is 0 Å². The first-order chi connectivity index (χ1) is 15.1. The van der Waals surface area contributed by atoms with E-state index in [1.165, 1.54) is 0 Å². The number of aromatic nitrogens is 3. The van der Waals surface area contributed by atoms with Crippen molar-refractivity contribution in [3.8, 4) is 0 Å². The van der Waals surface area contributed by atoms with Gasteiger partial charge in [-0.2, -0.15) is 0 Å². The largest absolute Gasteiger partial charge is 0.356 e. The lowest BCUT2D eigenvalue weighted by atomic mass is 10.0. The van der Waals surface area contributed by atoms with Crippen LogP contribution in [-0.2, 0) is 6.42 Å². The van der Waals surface area contributed by atoms with E-state index in [1.54, 1.807) is 6.33 Å². The monoisotopic (exact) mass is 416 g/mol. The third-order valence-electron chi connectivity index (χ3n) is 5.53. The summed E-state index contributed by atoms with van der Waals surface area (Å²) < 4.78 is 0. The van der Waals surface area contributed by atoms with Crippen molar-refractivity contribution in [1.29, 1.82) is 0 Å². The van der Waals surface area contributed by atoms with Crippen molar-refractivity contribution in [2.45, 2.75) is 39.2 Å². The Labute approximate surface area is 183 Å². The number of carbonyl (C=O) groups excluding carboxylic acids is 1. The molecule has 1 aliphatic rings. The van der Waals surface area contributed by atoms with Crippen LogP contribution in [-0.4, -0.2) is 40.0 Å². The summed E-state index contributed by atoms with van der Waals surface area (Å²) in [7, 11) is 0. The van der Waals surface area contributed by atoms with E-state index < -0.39 is 0 Å². The second kappa shape index (κ2) is 9.55. The summed E-state index contributed by atoms with van der Waals surface area (Å²) in [6, 6.07) is 13.7. The van der Waals surface area contributed by atoms with Gasteiger partial charge in [0.1, 0.15) is 18.0 Å². The molecule has 1 amide bonds. The number of amides is 1. The highest BCUT2D eigenvalue weighted by atomic mass is 16.1. The number of benzene rings is 1. The molecular formula is C24H28N6O. The Morgan fingerprint density at radius 3 is 2.68 bits per heavy atom. The fourth-order valence-electron chi connectivity index (χ4n) is 3.70. The average Bonchev–Trinajstić information content (AvgIpc) is 2.81. The van der Waals surface area contributed by atoms with Gasteiger partial charge in [0.15, 0.2) is 0 Å². The van der Waals surface area contributed by atoms with Gasteiger partial charge in [0, 0.05) is 48.3 Å². The van der Waals surface area contributed by atoms with E-state index in [1.807, 2.05) is 49.5 Å². The molecule has 7 nitrogen and oxygen atoms in total. The predicted octanol–water partition coefficient (Wildman–Crippen LogP) is 3.88. The molecule has 0 bridgehead atoms. The topological polar surface area (TPSA) is 83.0 Å². The molecule has 0 radical (unpaired) electrons. The molecule has 2 aromatic heterocycles. The number of nitrogens with zero attached hydrogens (tertiary/aromatic N) is 4. The molecule has 160 valence electrons. The molecule has 0 spiro atoms. The molecule has 1 saturated heterocycles. The van der Waals surface area contributed by atoms with Crippen molar-refractivity contribution in [2.24, 2.45) is 0 Å². The number of hydrogen-bond donors (Lipinski definition) is 2. The van der Waals surface area contributed by atoms with Crippen molar-refractivity contribution >= 4 is 23.2 Å². The van der Waals surface area contributed by atoms with Gasteiger partial charge in [-0.25, -0.2) is 15.0 Å². The maximum absolute atomic E-state index is 12.8. The molecule has 1 aromatic carbocycles. The number of piperidine rings is 1. The average molecular weight is 417 g/mol. The molecule has 4 rings (SSSR count). The second-order valence-electron chi connectivity index (χ2n) is 7.88. The molecule has 0 saturated carbocycles. The Hall–Kier alpha value is -3.48. The first kappa shape index (κ1) is 20.8. The number of anilines is 3. The van der Waals surface area contributed by atoms with Gasteiger partial charge in [-0.15, -0.1) is 0 Å². The van der Waals surface area contributed by atoms with Crippen LogP contribution in [0.4, 0.5) is 17.3 Å². The van der Waals surface area contributed by atoms with Crippen molar-refractivity contribution in [1.82, 2.24) is 20.3 Å². The van der Waals surface area contributed by atoms with Crippen molar-refractivity contribution < 1.29 is 4.79 Å². The van der Waals surface area contributed by atoms with Crippen LogP contribution >= 0.6 is 0 Å². The van der Waals surface area contributed by atoms with Crippen LogP contribution in [0.2, 0.25) is 0 Å². The van der Waals surface area contributed by atoms with Crippen molar-refractivity contribution in [3.63, 3.8) is 0 Å². The van der Waals surface area contributed by atoms with Crippen LogP contribution in [0.15, 0.2) is 55.0 Å². The van der Waals surface area contributed by atoms with Gasteiger partial charge in [0.05, 0.1) is 0 Å². The molecule has 3 aromatic rings. The molecule has 0 aliphatic carbocycles. The molecule has 1 fully saturated rings. The zero-order valence-corrected chi connectivity index (χ0v) is 18.0. The Kier molecular flexibility index (Phi) is 6.40. The van der Waals surface area contributed by atoms with Gasteiger partial charge in [0.2, 0.25) is 0 Å². The molecule has 0 atom stereocenters. The predicted molar refractivity (Wildman–Crippen MR) is 123 cm³/mol. The summed E-state index contributed by atoms with van der Waals surface area (Å²) in [6.45, 7) is 5.83. The van der Waals surface area contributed by atoms with E-state index in [0.717, 1.165) is 60.9 Å². The van der Waals surface area contributed by atoms with Gasteiger partial charge in [0.25, 0.3) is 5.91 Å². The lowest BCUT2D eigenvalue weighted by molar-refractivity contribution is 0.0931. The Morgan fingerprint density at radius 1 is 1.10 bits per heavy atom. The smallest absolute Gasteiger partial charge is 0.251 e. The Balaban J connectivity index is 1.33. The highest BCUT2D eigenvalue weighted by molar-refractivity contribution is 5.95. The normalized spacial score (nSPS) is 14.3. The second-order valence-corrected chi connectivity index (χ2v) is 7.88. The van der Waals surface area contributed by atoms with Crippen molar-refractivity contribution in [2.75, 3.05) is 23.3 Å². The van der Waals surface area contributed by atoms with Gasteiger partial charge >= 0.3 is 0 Å². The highest BCUT2D eigenvalue weighted by Gasteiger charge is 2.22. The van der Waals surface area contributed by atoms with Crippen LogP contribution < -0.4 is 15.5 Å². The van der Waals surface area contributed by atoms with E-state index in [0.29, 0.717) is 5.56 Å². The van der Waals surface area contributed by atoms with E-state index in [4.69, 9.17) is 0 Å². The van der Waals surface area contributed by atoms with Gasteiger partial charge in [-0.3, -0.25) is 4.79 Å². The zero-order chi connectivity index (χ0) is 21.6. The Morgan fingerprint density at radius 2 is 1.94 bits per heavy atom. The molecule has 31 heavy (non-hydrogen) atoms. The lowest BCUT2D eigenvalue weighted by Gasteiger charge is -2.33. The summed E-state index contributed by atoms with van der Waals surface area (Å²) in [5.41, 5.74) is 3.64. The van der Waals surface area contributed by atoms with Crippen LogP contribution in [0.1, 0.15) is 41.4 Å². The maximum Gasteiger partial charge on any atom is 0.251 e. The number of pyridine rings is 1. The van der Waals surface area contributed by atoms with E-state index in [-0.39, 0.29) is 11.9 Å². The first-order valence-electron chi connectivity index (χ1n) is 10.8. The number of hydrogen-bond acceptors (Lipinski definition) is 6. The fourth-order valence-corrected chi connectivity index (χ4v) is 3.70. The summed E-state index contributed by atoms with van der Waals surface area (Å²) in [4.78, 5) is 28.1. The number of nitrogens with one attached hydrogen (secondary N) is 2. The minimum Gasteiger partial charge on any atom is -0.356 e. The van der Waals surface area contributed by atoms with E-state index >= 15 is 0 Å². The van der Waals surface area contributed by atoms with E-state index in [9.17, 15) is 4.79 Å². The zero-order valence-electron chi connectivity index (χ0n) is 18.0. The number of aryl methyl sites for hydroxylation is 2. The molecule has 1 aliphatic heterocycles. The van der Waals surface area contributed by atoms with Crippen molar-refractivity contribution in [3.05, 3.63) is 71.8 Å². The lowest BCUT2D eigenvalue weighted by Crippen LogP contribution is -2.45. The van der Waals surface area contributed by atoms with Gasteiger partial charge in [-0.05, 0) is 56.0 Å². The summed E-state index contributed by atoms with van der Waals surface area (Å²) in [5, 5.41) is 6.44. The quantitative estimate of drug-likeness (QED) is 0.634. The highest BCUT2D eigenvalue weighted by Crippen LogP contribution is 2.20. The summed E-state index contributed by atoms with van der Waals surface area (Å²) in [6.07, 6.45) is 6.13. The fraction of sp³-hybridized carbons (Fsp3) is 0.333. The molecule has 7 heteroatoms. The molecule has 0 unspecified atom stereocenters. The molecular weight excluding hydrogens is 388 g/mol. The minimum absolute atomic E-state index is 0.0470. The molecule has 2 N–H and O–H groups in total. The SMILES string of the molecule is CCc1cc(N2CCC(NC(=O)c3cccc(Nc4ccc(C)cn4)c3)CC2)ncn1. The Bertz CT molecular complexity index is 1030. The van der Waals surface area contributed by atoms with Crippen LogP contribution in [0.3, 0.4) is 0 Å². The molecule has 3 heterocycles. The summed E-state index contributed by atoms with van der Waals surface area (Å²) in [5.74, 6) is 1.68. The third-order valence-corrected chi connectivity index (χ3v) is 5.53. The van der Waals surface area contributed by atoms with E-state index in [2.05, 4.69) is 43.5 Å². The van der Waals surface area contributed by atoms with Gasteiger partial charge < -0.3 is 15.5 Å². The van der Waals surface area contributed by atoms with Gasteiger partial charge in [-0.1, -0.05) is 19.1 Å². The standard InChI is InChI=1S/C24H28N6O/c1-3-19-14-23(27-16-26-19)30-11-9-20(10-12-30)29-24(31)18-5-4-6-21(13-18)28-22-8-7-17(2)15-25-22/h4-8,13-16,20H,3,9-12H2,1-2H3,(H,25,28)(H,29,31). The third kappa shape index (κ3) is 5.36.